The molecule has 2 aromatic rings. The zero-order valence-corrected chi connectivity index (χ0v) is 15.0. The van der Waals surface area contributed by atoms with Crippen LogP contribution in [0.5, 0.6) is 0 Å². The van der Waals surface area contributed by atoms with Crippen molar-refractivity contribution < 1.29 is 13.3 Å². The highest BCUT2D eigenvalue weighted by Gasteiger charge is 2.21. The molecular formula is C17H20N4O4S. The van der Waals surface area contributed by atoms with Gasteiger partial charge in [0.05, 0.1) is 16.4 Å². The molecule has 0 amide bonds. The highest BCUT2D eigenvalue weighted by Crippen LogP contribution is 2.29. The van der Waals surface area contributed by atoms with E-state index in [0.717, 1.165) is 0 Å². The van der Waals surface area contributed by atoms with Gasteiger partial charge < -0.3 is 5.32 Å². The Balaban J connectivity index is 1.66. The summed E-state index contributed by atoms with van der Waals surface area (Å²) in [5, 5.41) is 14.4. The van der Waals surface area contributed by atoms with Gasteiger partial charge in [-0.1, -0.05) is 30.3 Å². The molecule has 1 aliphatic heterocycles. The summed E-state index contributed by atoms with van der Waals surface area (Å²) in [5.41, 5.74) is 0.969. The Labute approximate surface area is 151 Å². The van der Waals surface area contributed by atoms with E-state index < -0.39 is 14.8 Å². The van der Waals surface area contributed by atoms with Gasteiger partial charge in [0.25, 0.3) is 5.69 Å². The van der Waals surface area contributed by atoms with E-state index in [9.17, 15) is 18.5 Å². The Bertz CT molecular complexity index is 873. The summed E-state index contributed by atoms with van der Waals surface area (Å²) in [6, 6.07) is 12.1. The van der Waals surface area contributed by atoms with E-state index in [0.29, 0.717) is 43.3 Å². The van der Waals surface area contributed by atoms with E-state index in [1.54, 1.807) is 18.2 Å². The molecule has 138 valence electrons. The van der Waals surface area contributed by atoms with Gasteiger partial charge in [-0.2, -0.15) is 0 Å². The zero-order valence-electron chi connectivity index (χ0n) is 14.2. The lowest BCUT2D eigenvalue weighted by Gasteiger charge is -2.26. The Kier molecular flexibility index (Phi) is 5.48. The van der Waals surface area contributed by atoms with Gasteiger partial charge in [0.2, 0.25) is 0 Å². The van der Waals surface area contributed by atoms with E-state index in [1.165, 1.54) is 6.07 Å². The van der Waals surface area contributed by atoms with Crippen molar-refractivity contribution in [2.45, 2.75) is 0 Å². The Morgan fingerprint density at radius 1 is 1.12 bits per heavy atom. The Morgan fingerprint density at radius 2 is 1.81 bits per heavy atom. The van der Waals surface area contributed by atoms with Gasteiger partial charge in [-0.25, -0.2) is 13.4 Å². The fraction of sp³-hybridized carbons (Fsp3) is 0.353. The van der Waals surface area contributed by atoms with Crippen LogP contribution in [0.3, 0.4) is 0 Å². The summed E-state index contributed by atoms with van der Waals surface area (Å²) in [4.78, 5) is 17.3. The summed E-state index contributed by atoms with van der Waals surface area (Å²) in [6.45, 7) is 2.34. The van der Waals surface area contributed by atoms with Crippen molar-refractivity contribution in [2.75, 3.05) is 43.0 Å². The second-order valence-electron chi connectivity index (χ2n) is 6.11. The van der Waals surface area contributed by atoms with Crippen molar-refractivity contribution in [2.24, 2.45) is 0 Å². The molecule has 1 fully saturated rings. The summed E-state index contributed by atoms with van der Waals surface area (Å²) in [7, 11) is -2.88. The molecule has 1 N–H and O–H groups in total. The predicted molar refractivity (Wildman–Crippen MR) is 99.9 cm³/mol. The van der Waals surface area contributed by atoms with Crippen LogP contribution in [0.4, 0.5) is 11.5 Å². The molecule has 0 aliphatic carbocycles. The van der Waals surface area contributed by atoms with Crippen molar-refractivity contribution >= 4 is 21.3 Å². The van der Waals surface area contributed by atoms with Crippen LogP contribution in [0.1, 0.15) is 0 Å². The fourth-order valence-electron chi connectivity index (χ4n) is 2.82. The van der Waals surface area contributed by atoms with Gasteiger partial charge in [-0.05, 0) is 6.07 Å². The van der Waals surface area contributed by atoms with Gasteiger partial charge in [-0.3, -0.25) is 15.0 Å². The van der Waals surface area contributed by atoms with Gasteiger partial charge in [-0.15, -0.1) is 0 Å². The van der Waals surface area contributed by atoms with E-state index in [-0.39, 0.29) is 17.2 Å². The maximum absolute atomic E-state index is 11.4. The first-order valence-corrected chi connectivity index (χ1v) is 10.1. The Hall–Kier alpha value is -2.52. The van der Waals surface area contributed by atoms with E-state index in [1.807, 2.05) is 18.2 Å². The zero-order chi connectivity index (χ0) is 18.6. The summed E-state index contributed by atoms with van der Waals surface area (Å²) >= 11 is 0. The number of nitrogens with zero attached hydrogens (tertiary/aromatic N) is 3. The molecule has 0 bridgehead atoms. The average molecular weight is 376 g/mol. The number of pyridine rings is 1. The van der Waals surface area contributed by atoms with Crippen molar-refractivity contribution in [3.8, 4) is 11.3 Å². The lowest BCUT2D eigenvalue weighted by Crippen LogP contribution is -2.42. The monoisotopic (exact) mass is 376 g/mol. The molecule has 0 spiro atoms. The quantitative estimate of drug-likeness (QED) is 0.605. The molecule has 0 radical (unpaired) electrons. The standard InChI is InChI=1S/C17H20N4O4S/c22-21(23)15-6-7-16(19-17(15)14-4-2-1-3-5-14)18-8-9-20-10-12-26(24,25)13-11-20/h1-7H,8-13H2,(H,18,19). The molecule has 3 rings (SSSR count). The normalized spacial score (nSPS) is 16.9. The van der Waals surface area contributed by atoms with Crippen LogP contribution in [0.15, 0.2) is 42.5 Å². The highest BCUT2D eigenvalue weighted by atomic mass is 32.2. The van der Waals surface area contributed by atoms with Crippen LogP contribution in [-0.4, -0.2) is 60.9 Å². The highest BCUT2D eigenvalue weighted by molar-refractivity contribution is 7.91. The second kappa shape index (κ2) is 7.79. The van der Waals surface area contributed by atoms with Crippen molar-refractivity contribution in [3.05, 3.63) is 52.6 Å². The van der Waals surface area contributed by atoms with E-state index in [4.69, 9.17) is 0 Å². The lowest BCUT2D eigenvalue weighted by atomic mass is 10.1. The molecule has 1 aromatic carbocycles. The smallest absolute Gasteiger partial charge is 0.295 e. The third-order valence-electron chi connectivity index (χ3n) is 4.29. The van der Waals surface area contributed by atoms with Gasteiger partial charge in [0.15, 0.2) is 15.5 Å². The van der Waals surface area contributed by atoms with Gasteiger partial charge >= 0.3 is 0 Å². The largest absolute Gasteiger partial charge is 0.369 e. The molecule has 8 nitrogen and oxygen atoms in total. The van der Waals surface area contributed by atoms with Crippen LogP contribution in [0.2, 0.25) is 0 Å². The topological polar surface area (TPSA) is 105 Å². The second-order valence-corrected chi connectivity index (χ2v) is 8.41. The van der Waals surface area contributed by atoms with E-state index in [2.05, 4.69) is 15.2 Å². The molecule has 0 saturated carbocycles. The van der Waals surface area contributed by atoms with Crippen LogP contribution >= 0.6 is 0 Å². The number of benzene rings is 1. The maximum Gasteiger partial charge on any atom is 0.295 e. The molecule has 9 heteroatoms. The van der Waals surface area contributed by atoms with Gasteiger partial charge in [0, 0.05) is 37.8 Å². The first-order valence-electron chi connectivity index (χ1n) is 8.32. The number of sulfone groups is 1. The third kappa shape index (κ3) is 4.55. The number of hydrogen-bond acceptors (Lipinski definition) is 7. The minimum Gasteiger partial charge on any atom is -0.369 e. The molecular weight excluding hydrogens is 356 g/mol. The molecule has 2 heterocycles. The number of anilines is 1. The predicted octanol–water partition coefficient (Wildman–Crippen LogP) is 1.80. The molecule has 1 aliphatic rings. The minimum absolute atomic E-state index is 0.0389. The number of nitro groups is 1. The van der Waals surface area contributed by atoms with Gasteiger partial charge in [0.1, 0.15) is 5.82 Å². The van der Waals surface area contributed by atoms with Crippen LogP contribution in [0.25, 0.3) is 11.3 Å². The summed E-state index contributed by atoms with van der Waals surface area (Å²) in [5.74, 6) is 0.945. The van der Waals surface area contributed by atoms with Crippen molar-refractivity contribution in [1.82, 2.24) is 9.88 Å². The maximum atomic E-state index is 11.4. The number of hydrogen-bond donors (Lipinski definition) is 1. The first kappa shape index (κ1) is 18.3. The molecule has 1 saturated heterocycles. The number of aromatic nitrogens is 1. The molecule has 0 unspecified atom stereocenters. The third-order valence-corrected chi connectivity index (χ3v) is 5.90. The minimum atomic E-state index is -2.88. The van der Waals surface area contributed by atoms with Crippen molar-refractivity contribution in [1.29, 1.82) is 0 Å². The molecule has 1 aromatic heterocycles. The van der Waals surface area contributed by atoms with E-state index >= 15 is 0 Å². The van der Waals surface area contributed by atoms with Crippen LogP contribution in [-0.2, 0) is 9.84 Å². The first-order chi connectivity index (χ1) is 12.4. The number of nitrogens with one attached hydrogen (secondary N) is 1. The van der Waals surface area contributed by atoms with Crippen molar-refractivity contribution in [3.63, 3.8) is 0 Å². The average Bonchev–Trinajstić information content (AvgIpc) is 2.63. The van der Waals surface area contributed by atoms with Crippen LogP contribution in [0, 0.1) is 10.1 Å². The number of rotatable bonds is 6. The summed E-state index contributed by atoms with van der Waals surface area (Å²) in [6.07, 6.45) is 0. The molecule has 0 atom stereocenters. The summed E-state index contributed by atoms with van der Waals surface area (Å²) < 4.78 is 22.9. The lowest BCUT2D eigenvalue weighted by molar-refractivity contribution is -0.384. The Morgan fingerprint density at radius 3 is 2.46 bits per heavy atom. The fourth-order valence-corrected chi connectivity index (χ4v) is 4.10. The van der Waals surface area contributed by atoms with Crippen LogP contribution < -0.4 is 5.32 Å². The molecule has 26 heavy (non-hydrogen) atoms. The SMILES string of the molecule is O=[N+]([O-])c1ccc(NCCN2CCS(=O)(=O)CC2)nc1-c1ccccc1.